The van der Waals surface area contributed by atoms with E-state index >= 15 is 0 Å². The average Bonchev–Trinajstić information content (AvgIpc) is 3.22. The number of anilines is 1. The molecule has 1 fully saturated rings. The monoisotopic (exact) mass is 340 g/mol. The number of benzene rings is 2. The summed E-state index contributed by atoms with van der Waals surface area (Å²) in [6.45, 7) is 0. The number of nitrogens with one attached hydrogen (secondary N) is 1. The number of nitrogens with zero attached hydrogens (tertiary/aromatic N) is 1. The van der Waals surface area contributed by atoms with Crippen molar-refractivity contribution in [3.8, 4) is 0 Å². The highest BCUT2D eigenvalue weighted by Crippen LogP contribution is 2.43. The van der Waals surface area contributed by atoms with Crippen LogP contribution in [0.15, 0.2) is 48.5 Å². The van der Waals surface area contributed by atoms with Crippen molar-refractivity contribution < 1.29 is 9.18 Å². The second kappa shape index (κ2) is 5.98. The third-order valence-corrected chi connectivity index (χ3v) is 5.75. The first-order valence-corrected chi connectivity index (χ1v) is 8.93. The maximum Gasteiger partial charge on any atom is 0.236 e. The summed E-state index contributed by atoms with van der Waals surface area (Å²) in [5.74, 6) is -0.456. The van der Waals surface area contributed by atoms with Crippen LogP contribution in [-0.2, 0) is 10.2 Å². The van der Waals surface area contributed by atoms with E-state index in [0.717, 1.165) is 23.1 Å². The topological polar surface area (TPSA) is 42.0 Å². The number of carbonyl (C=O) groups is 1. The van der Waals surface area contributed by atoms with Crippen LogP contribution in [0.3, 0.4) is 0 Å². The van der Waals surface area contributed by atoms with Gasteiger partial charge in [0.15, 0.2) is 5.13 Å². The molecule has 0 unspecified atom stereocenters. The molecule has 0 bridgehead atoms. The van der Waals surface area contributed by atoms with E-state index in [0.29, 0.717) is 23.5 Å². The maximum absolute atomic E-state index is 14.4. The fourth-order valence-electron chi connectivity index (χ4n) is 3.59. The van der Waals surface area contributed by atoms with Gasteiger partial charge in [0.1, 0.15) is 5.82 Å². The molecule has 5 heteroatoms. The lowest BCUT2D eigenvalue weighted by atomic mass is 9.77. The quantitative estimate of drug-likeness (QED) is 0.738. The van der Waals surface area contributed by atoms with Crippen LogP contribution in [0, 0.1) is 5.82 Å². The van der Waals surface area contributed by atoms with Crippen LogP contribution in [0.25, 0.3) is 10.2 Å². The van der Waals surface area contributed by atoms with Crippen LogP contribution >= 0.6 is 11.3 Å². The van der Waals surface area contributed by atoms with E-state index in [1.54, 1.807) is 18.2 Å². The number of thiazole rings is 1. The number of para-hydroxylation sites is 1. The Labute approximate surface area is 143 Å². The van der Waals surface area contributed by atoms with Crippen LogP contribution < -0.4 is 5.32 Å². The van der Waals surface area contributed by atoms with Crippen LogP contribution in [0.1, 0.15) is 31.2 Å². The van der Waals surface area contributed by atoms with E-state index in [1.165, 1.54) is 17.4 Å². The molecule has 1 aliphatic carbocycles. The minimum Gasteiger partial charge on any atom is -0.301 e. The van der Waals surface area contributed by atoms with Crippen LogP contribution in [-0.4, -0.2) is 10.9 Å². The van der Waals surface area contributed by atoms with Gasteiger partial charge in [0.05, 0.1) is 15.6 Å². The Balaban J connectivity index is 1.69. The molecular weight excluding hydrogens is 323 g/mol. The van der Waals surface area contributed by atoms with Gasteiger partial charge in [-0.1, -0.05) is 54.5 Å². The van der Waals surface area contributed by atoms with Gasteiger partial charge in [-0.05, 0) is 31.0 Å². The summed E-state index contributed by atoms with van der Waals surface area (Å²) in [5, 5.41) is 3.51. The zero-order chi connectivity index (χ0) is 16.6. The van der Waals surface area contributed by atoms with Crippen molar-refractivity contribution in [2.24, 2.45) is 0 Å². The van der Waals surface area contributed by atoms with Gasteiger partial charge in [0, 0.05) is 5.56 Å². The molecule has 0 atom stereocenters. The number of aromatic nitrogens is 1. The molecule has 1 aliphatic rings. The normalized spacial score (nSPS) is 16.4. The van der Waals surface area contributed by atoms with Crippen molar-refractivity contribution in [1.82, 2.24) is 4.98 Å². The Hall–Kier alpha value is -2.27. The van der Waals surface area contributed by atoms with Gasteiger partial charge in [0.2, 0.25) is 5.91 Å². The fourth-order valence-corrected chi connectivity index (χ4v) is 4.45. The molecular formula is C19H17FN2OS. The van der Waals surface area contributed by atoms with Gasteiger partial charge < -0.3 is 5.32 Å². The molecule has 0 radical (unpaired) electrons. The summed E-state index contributed by atoms with van der Waals surface area (Å²) in [4.78, 5) is 17.5. The molecule has 1 heterocycles. The van der Waals surface area contributed by atoms with Gasteiger partial charge in [-0.2, -0.15) is 0 Å². The maximum atomic E-state index is 14.4. The molecule has 1 saturated carbocycles. The molecule has 1 aromatic heterocycles. The highest BCUT2D eigenvalue weighted by Gasteiger charge is 2.44. The molecule has 122 valence electrons. The highest BCUT2D eigenvalue weighted by atomic mass is 32.1. The first-order chi connectivity index (χ1) is 11.7. The largest absolute Gasteiger partial charge is 0.301 e. The molecule has 24 heavy (non-hydrogen) atoms. The van der Waals surface area contributed by atoms with Crippen molar-refractivity contribution in [2.45, 2.75) is 31.1 Å². The van der Waals surface area contributed by atoms with E-state index in [-0.39, 0.29) is 11.7 Å². The number of amides is 1. The van der Waals surface area contributed by atoms with Gasteiger partial charge in [-0.15, -0.1) is 0 Å². The second-order valence-corrected chi connectivity index (χ2v) is 7.24. The third-order valence-electron chi connectivity index (χ3n) is 4.80. The Morgan fingerprint density at radius 1 is 1.08 bits per heavy atom. The average molecular weight is 340 g/mol. The summed E-state index contributed by atoms with van der Waals surface area (Å²) < 4.78 is 15.4. The van der Waals surface area contributed by atoms with E-state index in [2.05, 4.69) is 10.3 Å². The Kier molecular flexibility index (Phi) is 3.81. The van der Waals surface area contributed by atoms with Gasteiger partial charge in [-0.3, -0.25) is 4.79 Å². The lowest BCUT2D eigenvalue weighted by Crippen LogP contribution is -2.38. The third kappa shape index (κ3) is 2.49. The first-order valence-electron chi connectivity index (χ1n) is 8.11. The lowest BCUT2D eigenvalue weighted by molar-refractivity contribution is -0.121. The summed E-state index contributed by atoms with van der Waals surface area (Å²) in [6, 6.07) is 14.4. The van der Waals surface area contributed by atoms with Crippen molar-refractivity contribution in [3.05, 3.63) is 59.9 Å². The zero-order valence-corrected chi connectivity index (χ0v) is 13.9. The number of hydrogen-bond donors (Lipinski definition) is 1. The predicted octanol–water partition coefficient (Wildman–Crippen LogP) is 4.89. The Bertz CT molecular complexity index is 866. The molecule has 2 aromatic carbocycles. The summed E-state index contributed by atoms with van der Waals surface area (Å²) in [5.41, 5.74) is 0.578. The zero-order valence-electron chi connectivity index (χ0n) is 13.1. The van der Waals surface area contributed by atoms with Crippen LogP contribution in [0.2, 0.25) is 0 Å². The minimum absolute atomic E-state index is 0.149. The predicted molar refractivity (Wildman–Crippen MR) is 94.8 cm³/mol. The molecule has 1 N–H and O–H groups in total. The smallest absolute Gasteiger partial charge is 0.236 e. The summed E-state index contributed by atoms with van der Waals surface area (Å²) in [6.07, 6.45) is 3.21. The standard InChI is InChI=1S/C19H17FN2OS/c20-14-8-2-1-7-13(14)19(11-5-6-12-19)17(23)22-18-21-15-9-3-4-10-16(15)24-18/h1-4,7-10H,5-6,11-12H2,(H,21,22,23). The van der Waals surface area contributed by atoms with E-state index in [9.17, 15) is 9.18 Å². The summed E-state index contributed by atoms with van der Waals surface area (Å²) in [7, 11) is 0. The number of halogens is 1. The van der Waals surface area contributed by atoms with Gasteiger partial charge >= 0.3 is 0 Å². The van der Waals surface area contributed by atoms with Gasteiger partial charge in [-0.25, -0.2) is 9.37 Å². The lowest BCUT2D eigenvalue weighted by Gasteiger charge is -2.28. The Morgan fingerprint density at radius 2 is 1.79 bits per heavy atom. The summed E-state index contributed by atoms with van der Waals surface area (Å²) >= 11 is 1.45. The van der Waals surface area contributed by atoms with Crippen LogP contribution in [0.4, 0.5) is 9.52 Å². The van der Waals surface area contributed by atoms with E-state index < -0.39 is 5.41 Å². The van der Waals surface area contributed by atoms with Gasteiger partial charge in [0.25, 0.3) is 0 Å². The Morgan fingerprint density at radius 3 is 2.54 bits per heavy atom. The number of rotatable bonds is 3. The van der Waals surface area contributed by atoms with Crippen molar-refractivity contribution in [1.29, 1.82) is 0 Å². The van der Waals surface area contributed by atoms with E-state index in [4.69, 9.17) is 0 Å². The molecule has 3 nitrogen and oxygen atoms in total. The number of hydrogen-bond acceptors (Lipinski definition) is 3. The molecule has 4 rings (SSSR count). The van der Waals surface area contributed by atoms with E-state index in [1.807, 2.05) is 24.3 Å². The molecule has 0 spiro atoms. The molecule has 1 amide bonds. The number of carbonyl (C=O) groups excluding carboxylic acids is 1. The second-order valence-electron chi connectivity index (χ2n) is 6.21. The minimum atomic E-state index is -0.788. The fraction of sp³-hybridized carbons (Fsp3) is 0.263. The SMILES string of the molecule is O=C(Nc1nc2ccccc2s1)C1(c2ccccc2F)CCCC1. The molecule has 3 aromatic rings. The van der Waals surface area contributed by atoms with Crippen molar-refractivity contribution in [3.63, 3.8) is 0 Å². The first kappa shape index (κ1) is 15.3. The number of fused-ring (bicyclic) bond motifs is 1. The van der Waals surface area contributed by atoms with Crippen molar-refractivity contribution in [2.75, 3.05) is 5.32 Å². The molecule has 0 aliphatic heterocycles. The van der Waals surface area contributed by atoms with Crippen LogP contribution in [0.5, 0.6) is 0 Å². The highest BCUT2D eigenvalue weighted by molar-refractivity contribution is 7.22. The van der Waals surface area contributed by atoms with Crippen molar-refractivity contribution >= 4 is 32.6 Å². The molecule has 0 saturated heterocycles.